The third kappa shape index (κ3) is 6.22. The second-order valence-electron chi connectivity index (χ2n) is 8.59. The van der Waals surface area contributed by atoms with E-state index in [9.17, 15) is 13.2 Å². The normalized spacial score (nSPS) is 11.2. The Bertz CT molecular complexity index is 1280. The van der Waals surface area contributed by atoms with Crippen molar-refractivity contribution in [2.24, 2.45) is 0 Å². The lowest BCUT2D eigenvalue weighted by molar-refractivity contribution is -0.119. The molecular formula is C28H34N2O4S. The number of nitrogens with zero attached hydrogens (tertiary/aromatic N) is 1. The Kier molecular flexibility index (Phi) is 8.57. The van der Waals surface area contributed by atoms with Crippen LogP contribution < -0.4 is 14.4 Å². The molecule has 0 radical (unpaired) electrons. The Labute approximate surface area is 209 Å². The highest BCUT2D eigenvalue weighted by atomic mass is 32.2. The number of carbonyl (C=O) groups is 1. The molecule has 0 fully saturated rings. The van der Waals surface area contributed by atoms with Gasteiger partial charge in [0.1, 0.15) is 12.3 Å². The van der Waals surface area contributed by atoms with Crippen LogP contribution in [0.3, 0.4) is 0 Å². The Morgan fingerprint density at radius 2 is 1.57 bits per heavy atom. The molecule has 1 amide bonds. The van der Waals surface area contributed by atoms with Crippen LogP contribution in [0, 0.1) is 13.8 Å². The van der Waals surface area contributed by atoms with E-state index in [1.54, 1.807) is 36.4 Å². The zero-order valence-electron chi connectivity index (χ0n) is 21.1. The molecule has 186 valence electrons. The van der Waals surface area contributed by atoms with Gasteiger partial charge in [-0.3, -0.25) is 9.10 Å². The van der Waals surface area contributed by atoms with Gasteiger partial charge in [0.2, 0.25) is 5.91 Å². The van der Waals surface area contributed by atoms with Crippen LogP contribution in [0.15, 0.2) is 65.6 Å². The van der Waals surface area contributed by atoms with Crippen LogP contribution in [-0.4, -0.2) is 28.0 Å². The molecule has 0 aromatic heterocycles. The molecule has 1 N–H and O–H groups in total. The fourth-order valence-corrected chi connectivity index (χ4v) is 5.34. The highest BCUT2D eigenvalue weighted by Gasteiger charge is 2.29. The van der Waals surface area contributed by atoms with E-state index >= 15 is 0 Å². The molecule has 0 bridgehead atoms. The quantitative estimate of drug-likeness (QED) is 0.433. The summed E-state index contributed by atoms with van der Waals surface area (Å²) in [5, 5.41) is 2.92. The van der Waals surface area contributed by atoms with Crippen LogP contribution in [0.5, 0.6) is 5.75 Å². The Morgan fingerprint density at radius 3 is 2.20 bits per heavy atom. The lowest BCUT2D eigenvalue weighted by Gasteiger charge is -2.26. The average molecular weight is 495 g/mol. The Morgan fingerprint density at radius 1 is 0.886 bits per heavy atom. The summed E-state index contributed by atoms with van der Waals surface area (Å²) >= 11 is 0. The molecule has 0 spiro atoms. The fraction of sp³-hybridized carbons (Fsp3) is 0.321. The monoisotopic (exact) mass is 494 g/mol. The van der Waals surface area contributed by atoms with E-state index in [1.165, 1.54) is 12.7 Å². The number of amides is 1. The molecule has 7 heteroatoms. The number of rotatable bonds is 10. The molecule has 3 aromatic carbocycles. The zero-order chi connectivity index (χ0) is 25.6. The molecule has 0 heterocycles. The molecule has 0 unspecified atom stereocenters. The van der Waals surface area contributed by atoms with Gasteiger partial charge in [-0.2, -0.15) is 0 Å². The summed E-state index contributed by atoms with van der Waals surface area (Å²) in [5.74, 6) is -0.0174. The second kappa shape index (κ2) is 11.4. The van der Waals surface area contributed by atoms with Gasteiger partial charge in [0.05, 0.1) is 17.7 Å². The number of benzene rings is 3. The molecule has 0 saturated carbocycles. The van der Waals surface area contributed by atoms with E-state index in [4.69, 9.17) is 4.74 Å². The lowest BCUT2D eigenvalue weighted by Crippen LogP contribution is -2.41. The first-order valence-corrected chi connectivity index (χ1v) is 13.2. The average Bonchev–Trinajstić information content (AvgIpc) is 2.85. The van der Waals surface area contributed by atoms with Gasteiger partial charge < -0.3 is 10.1 Å². The summed E-state index contributed by atoms with van der Waals surface area (Å²) in [6.07, 6.45) is 1.75. The van der Waals surface area contributed by atoms with Crippen molar-refractivity contribution in [3.63, 3.8) is 0 Å². The van der Waals surface area contributed by atoms with Crippen LogP contribution >= 0.6 is 0 Å². The number of hydrogen-bond donors (Lipinski definition) is 1. The molecule has 6 nitrogen and oxygen atoms in total. The summed E-state index contributed by atoms with van der Waals surface area (Å²) in [7, 11) is -2.55. The SMILES string of the molecule is CCc1ccc(CC)c(CNC(=O)CN(c2cc(C)ccc2OC)S(=O)(=O)c2ccc(C)cc2)c1. The van der Waals surface area contributed by atoms with Crippen LogP contribution in [-0.2, 0) is 34.2 Å². The number of aryl methyl sites for hydroxylation is 4. The van der Waals surface area contributed by atoms with Crippen molar-refractivity contribution in [3.05, 3.63) is 88.5 Å². The van der Waals surface area contributed by atoms with Crippen molar-refractivity contribution in [3.8, 4) is 5.75 Å². The zero-order valence-corrected chi connectivity index (χ0v) is 21.9. The van der Waals surface area contributed by atoms with Crippen LogP contribution in [0.25, 0.3) is 0 Å². The minimum atomic E-state index is -4.03. The standard InChI is InChI=1S/C28H34N2O4S/c1-6-22-11-12-23(7-2)24(17-22)18-29-28(31)19-30(26-16-21(4)10-15-27(26)34-5)35(32,33)25-13-8-20(3)9-14-25/h8-17H,6-7,18-19H2,1-5H3,(H,29,31). The van der Waals surface area contributed by atoms with Crippen LogP contribution in [0.4, 0.5) is 5.69 Å². The topological polar surface area (TPSA) is 75.7 Å². The number of anilines is 1. The number of hydrogen-bond acceptors (Lipinski definition) is 4. The lowest BCUT2D eigenvalue weighted by atomic mass is 10.0. The number of nitrogens with one attached hydrogen (secondary N) is 1. The first-order chi connectivity index (χ1) is 16.7. The van der Waals surface area contributed by atoms with Gasteiger partial charge in [0, 0.05) is 6.54 Å². The van der Waals surface area contributed by atoms with E-state index in [0.29, 0.717) is 18.0 Å². The Balaban J connectivity index is 1.94. The third-order valence-electron chi connectivity index (χ3n) is 6.04. The molecule has 0 aliphatic rings. The maximum atomic E-state index is 13.7. The van der Waals surface area contributed by atoms with E-state index in [2.05, 4.69) is 37.4 Å². The number of sulfonamides is 1. The third-order valence-corrected chi connectivity index (χ3v) is 7.81. The minimum absolute atomic E-state index is 0.114. The molecule has 3 rings (SSSR count). The molecule has 0 saturated heterocycles. The van der Waals surface area contributed by atoms with Gasteiger partial charge in [0.25, 0.3) is 10.0 Å². The molecule has 3 aromatic rings. The summed E-state index contributed by atoms with van der Waals surface area (Å²) in [5.41, 5.74) is 5.52. The summed E-state index contributed by atoms with van der Waals surface area (Å²) < 4.78 is 34.0. The Hall–Kier alpha value is -3.32. The molecule has 35 heavy (non-hydrogen) atoms. The van der Waals surface area contributed by atoms with Crippen molar-refractivity contribution >= 4 is 21.6 Å². The van der Waals surface area contributed by atoms with Gasteiger partial charge in [-0.25, -0.2) is 8.42 Å². The van der Waals surface area contributed by atoms with Crippen LogP contribution in [0.2, 0.25) is 0 Å². The fourth-order valence-electron chi connectivity index (χ4n) is 3.92. The summed E-state index contributed by atoms with van der Waals surface area (Å²) in [6, 6.07) is 18.2. The van der Waals surface area contributed by atoms with E-state index in [-0.39, 0.29) is 11.4 Å². The van der Waals surface area contributed by atoms with Gasteiger partial charge in [0.15, 0.2) is 0 Å². The maximum Gasteiger partial charge on any atom is 0.264 e. The van der Waals surface area contributed by atoms with Crippen molar-refractivity contribution in [2.75, 3.05) is 18.0 Å². The van der Waals surface area contributed by atoms with Crippen LogP contribution in [0.1, 0.15) is 41.7 Å². The van der Waals surface area contributed by atoms with Gasteiger partial charge >= 0.3 is 0 Å². The second-order valence-corrected chi connectivity index (χ2v) is 10.4. The number of ether oxygens (including phenoxy) is 1. The van der Waals surface area contributed by atoms with Crippen molar-refractivity contribution in [1.29, 1.82) is 0 Å². The molecule has 0 atom stereocenters. The molecular weight excluding hydrogens is 460 g/mol. The summed E-state index contributed by atoms with van der Waals surface area (Å²) in [6.45, 7) is 7.89. The predicted octanol–water partition coefficient (Wildman–Crippen LogP) is 4.95. The summed E-state index contributed by atoms with van der Waals surface area (Å²) in [4.78, 5) is 13.2. The molecule has 0 aliphatic carbocycles. The molecule has 0 aliphatic heterocycles. The minimum Gasteiger partial charge on any atom is -0.495 e. The number of methoxy groups -OCH3 is 1. The predicted molar refractivity (Wildman–Crippen MR) is 140 cm³/mol. The van der Waals surface area contributed by atoms with Crippen molar-refractivity contribution < 1.29 is 17.9 Å². The largest absolute Gasteiger partial charge is 0.495 e. The maximum absolute atomic E-state index is 13.7. The highest BCUT2D eigenvalue weighted by Crippen LogP contribution is 2.33. The smallest absolute Gasteiger partial charge is 0.264 e. The van der Waals surface area contributed by atoms with Gasteiger partial charge in [-0.1, -0.05) is 55.8 Å². The highest BCUT2D eigenvalue weighted by molar-refractivity contribution is 7.92. The van der Waals surface area contributed by atoms with Crippen molar-refractivity contribution in [2.45, 2.75) is 52.0 Å². The first-order valence-electron chi connectivity index (χ1n) is 11.8. The van der Waals surface area contributed by atoms with E-state index in [0.717, 1.165) is 39.4 Å². The van der Waals surface area contributed by atoms with Gasteiger partial charge in [-0.05, 0) is 73.2 Å². The van der Waals surface area contributed by atoms with Crippen molar-refractivity contribution in [1.82, 2.24) is 5.32 Å². The number of carbonyl (C=O) groups excluding carboxylic acids is 1. The van der Waals surface area contributed by atoms with E-state index < -0.39 is 15.9 Å². The van der Waals surface area contributed by atoms with Gasteiger partial charge in [-0.15, -0.1) is 0 Å². The van der Waals surface area contributed by atoms with E-state index in [1.807, 2.05) is 19.9 Å². The first kappa shape index (κ1) is 26.3.